The molecule has 4 aromatic rings. The van der Waals surface area contributed by atoms with Crippen LogP contribution in [0.4, 0.5) is 5.69 Å². The van der Waals surface area contributed by atoms with Crippen LogP contribution in [0.15, 0.2) is 59.5 Å². The van der Waals surface area contributed by atoms with Gasteiger partial charge in [-0.15, -0.1) is 0 Å². The molecule has 9 nitrogen and oxygen atoms in total. The maximum atomic E-state index is 12.9. The highest BCUT2D eigenvalue weighted by Gasteiger charge is 2.32. The molecular weight excluding hydrogens is 396 g/mol. The summed E-state index contributed by atoms with van der Waals surface area (Å²) in [5, 5.41) is 14.3. The molecule has 2 N–H and O–H groups in total. The van der Waals surface area contributed by atoms with Gasteiger partial charge in [-0.05, 0) is 44.0 Å². The molecule has 9 heteroatoms. The number of carbonyl (C=O) groups excluding carboxylic acids is 1. The van der Waals surface area contributed by atoms with Crippen LogP contribution in [0.1, 0.15) is 36.4 Å². The fourth-order valence-electron chi connectivity index (χ4n) is 3.67. The quantitative estimate of drug-likeness (QED) is 0.471. The Kier molecular flexibility index (Phi) is 5.09. The number of amides is 1. The van der Waals surface area contributed by atoms with Crippen molar-refractivity contribution in [2.45, 2.75) is 31.9 Å². The van der Waals surface area contributed by atoms with Crippen LogP contribution in [-0.4, -0.2) is 43.6 Å². The maximum absolute atomic E-state index is 12.9. The average molecular weight is 418 g/mol. The first-order valence-corrected chi connectivity index (χ1v) is 10.2. The largest absolute Gasteiger partial charge is 0.451 e. The first-order chi connectivity index (χ1) is 15.2. The highest BCUT2D eigenvalue weighted by atomic mass is 16.5. The van der Waals surface area contributed by atoms with Crippen LogP contribution in [-0.2, 0) is 4.74 Å². The third-order valence-corrected chi connectivity index (χ3v) is 5.35. The van der Waals surface area contributed by atoms with Crippen molar-refractivity contribution in [3.63, 3.8) is 0 Å². The molecule has 0 aliphatic heterocycles. The lowest BCUT2D eigenvalue weighted by atomic mass is 9.89. The fraction of sp³-hybridized carbons (Fsp3) is 0.273. The number of nitrogens with one attached hydrogen (secondary N) is 2. The Morgan fingerprint density at radius 3 is 2.97 bits per heavy atom. The van der Waals surface area contributed by atoms with E-state index in [0.29, 0.717) is 29.4 Å². The molecule has 4 heterocycles. The zero-order valence-electron chi connectivity index (χ0n) is 17.0. The minimum Gasteiger partial charge on any atom is -0.451 e. The van der Waals surface area contributed by atoms with Crippen LogP contribution >= 0.6 is 0 Å². The van der Waals surface area contributed by atoms with Crippen molar-refractivity contribution in [3.8, 4) is 22.7 Å². The number of aromatic amines is 1. The third kappa shape index (κ3) is 3.87. The normalized spacial score (nSPS) is 18.0. The van der Waals surface area contributed by atoms with Crippen LogP contribution in [0.25, 0.3) is 22.7 Å². The summed E-state index contributed by atoms with van der Waals surface area (Å²) in [6, 6.07) is 9.23. The van der Waals surface area contributed by atoms with Crippen molar-refractivity contribution in [3.05, 3.63) is 60.9 Å². The number of anilines is 1. The summed E-state index contributed by atoms with van der Waals surface area (Å²) in [5.41, 5.74) is 2.67. The number of rotatable bonds is 7. The van der Waals surface area contributed by atoms with Gasteiger partial charge in [-0.2, -0.15) is 10.2 Å². The fourth-order valence-corrected chi connectivity index (χ4v) is 3.67. The van der Waals surface area contributed by atoms with Gasteiger partial charge in [0.2, 0.25) is 0 Å². The summed E-state index contributed by atoms with van der Waals surface area (Å²) >= 11 is 0. The second-order valence-corrected chi connectivity index (χ2v) is 7.39. The van der Waals surface area contributed by atoms with Gasteiger partial charge < -0.3 is 14.5 Å². The molecule has 0 atom stereocenters. The number of carbonyl (C=O) groups is 1. The maximum Gasteiger partial charge on any atom is 0.291 e. The number of hydrogen-bond donors (Lipinski definition) is 2. The zero-order valence-corrected chi connectivity index (χ0v) is 17.0. The number of ether oxygens (including phenoxy) is 1. The molecule has 158 valence electrons. The molecule has 1 amide bonds. The lowest BCUT2D eigenvalue weighted by Crippen LogP contribution is -2.33. The van der Waals surface area contributed by atoms with Crippen LogP contribution in [0.3, 0.4) is 0 Å². The van der Waals surface area contributed by atoms with Crippen molar-refractivity contribution in [2.24, 2.45) is 0 Å². The highest BCUT2D eigenvalue weighted by molar-refractivity contribution is 6.04. The van der Waals surface area contributed by atoms with Crippen LogP contribution in [0, 0.1) is 0 Å². The van der Waals surface area contributed by atoms with E-state index in [1.807, 2.05) is 36.0 Å². The number of furan rings is 1. The van der Waals surface area contributed by atoms with Gasteiger partial charge in [0.1, 0.15) is 11.5 Å². The van der Waals surface area contributed by atoms with Crippen molar-refractivity contribution < 1.29 is 13.9 Å². The number of pyridine rings is 1. The van der Waals surface area contributed by atoms with E-state index in [9.17, 15) is 4.79 Å². The van der Waals surface area contributed by atoms with E-state index in [1.165, 1.54) is 0 Å². The standard InChI is InChI=1S/C22H22N6O3/c1-2-30-16-9-15(10-16)28-13-18(21(27-28)17-5-3-4-8-23-17)26-22(29)20-7-6-19(31-20)14-11-24-25-12-14/h3-8,11-13,15-16H,2,9-10H2,1H3,(H,24,25)(H,26,29). The van der Waals surface area contributed by atoms with E-state index in [2.05, 4.69) is 20.5 Å². The smallest absolute Gasteiger partial charge is 0.291 e. The molecule has 1 aliphatic carbocycles. The van der Waals surface area contributed by atoms with Crippen LogP contribution in [0.2, 0.25) is 0 Å². The Bertz CT molecular complexity index is 1160. The van der Waals surface area contributed by atoms with E-state index >= 15 is 0 Å². The summed E-state index contributed by atoms with van der Waals surface area (Å²) in [4.78, 5) is 17.3. The number of H-pyrrole nitrogens is 1. The summed E-state index contributed by atoms with van der Waals surface area (Å²) in [7, 11) is 0. The molecule has 31 heavy (non-hydrogen) atoms. The molecule has 0 bridgehead atoms. The topological polar surface area (TPSA) is 111 Å². The molecule has 1 fully saturated rings. The average Bonchev–Trinajstić information content (AvgIpc) is 3.51. The summed E-state index contributed by atoms with van der Waals surface area (Å²) in [6.45, 7) is 2.71. The van der Waals surface area contributed by atoms with E-state index in [4.69, 9.17) is 14.3 Å². The Morgan fingerprint density at radius 2 is 2.23 bits per heavy atom. The second-order valence-electron chi connectivity index (χ2n) is 7.39. The molecule has 0 spiro atoms. The monoisotopic (exact) mass is 418 g/mol. The first-order valence-electron chi connectivity index (χ1n) is 10.2. The molecular formula is C22H22N6O3. The molecule has 0 radical (unpaired) electrons. The number of aromatic nitrogens is 5. The zero-order chi connectivity index (χ0) is 21.2. The second kappa shape index (κ2) is 8.19. The van der Waals surface area contributed by atoms with Crippen molar-refractivity contribution in [1.29, 1.82) is 0 Å². The third-order valence-electron chi connectivity index (χ3n) is 5.35. The van der Waals surface area contributed by atoms with Gasteiger partial charge in [-0.1, -0.05) is 6.07 Å². The van der Waals surface area contributed by atoms with Gasteiger partial charge in [0, 0.05) is 25.2 Å². The molecule has 4 aromatic heterocycles. The van der Waals surface area contributed by atoms with Gasteiger partial charge in [0.05, 0.1) is 35.3 Å². The summed E-state index contributed by atoms with van der Waals surface area (Å²) < 4.78 is 13.3. The predicted molar refractivity (Wildman–Crippen MR) is 113 cm³/mol. The highest BCUT2D eigenvalue weighted by Crippen LogP contribution is 2.37. The van der Waals surface area contributed by atoms with Gasteiger partial charge in [-0.3, -0.25) is 19.6 Å². The van der Waals surface area contributed by atoms with Gasteiger partial charge >= 0.3 is 0 Å². The van der Waals surface area contributed by atoms with Gasteiger partial charge in [-0.25, -0.2) is 0 Å². The Morgan fingerprint density at radius 1 is 1.32 bits per heavy atom. The molecule has 5 rings (SSSR count). The van der Waals surface area contributed by atoms with Crippen LogP contribution in [0.5, 0.6) is 0 Å². The Labute approximate surface area is 178 Å². The number of hydrogen-bond acceptors (Lipinski definition) is 6. The minimum atomic E-state index is -0.354. The van der Waals surface area contributed by atoms with Crippen molar-refractivity contribution >= 4 is 11.6 Å². The number of nitrogens with zero attached hydrogens (tertiary/aromatic N) is 4. The van der Waals surface area contributed by atoms with E-state index in [1.54, 1.807) is 30.7 Å². The Balaban J connectivity index is 1.39. The molecule has 1 aliphatic rings. The lowest BCUT2D eigenvalue weighted by molar-refractivity contribution is -0.0226. The van der Waals surface area contributed by atoms with Crippen molar-refractivity contribution in [2.75, 3.05) is 11.9 Å². The first kappa shape index (κ1) is 19.3. The SMILES string of the molecule is CCOC1CC(n2cc(NC(=O)c3ccc(-c4cn[nH]c4)o3)c(-c3ccccn3)n2)C1. The van der Waals surface area contributed by atoms with E-state index < -0.39 is 0 Å². The summed E-state index contributed by atoms with van der Waals surface area (Å²) in [5.74, 6) is 0.416. The van der Waals surface area contributed by atoms with E-state index in [0.717, 1.165) is 18.4 Å². The van der Waals surface area contributed by atoms with Gasteiger partial charge in [0.25, 0.3) is 5.91 Å². The van der Waals surface area contributed by atoms with Crippen LogP contribution < -0.4 is 5.32 Å². The molecule has 0 aromatic carbocycles. The molecule has 0 saturated heterocycles. The lowest BCUT2D eigenvalue weighted by Gasteiger charge is -2.34. The summed E-state index contributed by atoms with van der Waals surface area (Å²) in [6.07, 6.45) is 8.97. The molecule has 0 unspecified atom stereocenters. The van der Waals surface area contributed by atoms with Crippen molar-refractivity contribution in [1.82, 2.24) is 25.0 Å². The molecule has 1 saturated carbocycles. The van der Waals surface area contributed by atoms with E-state index in [-0.39, 0.29) is 23.8 Å². The Hall–Kier alpha value is -3.72. The van der Waals surface area contributed by atoms with Gasteiger partial charge in [0.15, 0.2) is 5.76 Å². The minimum absolute atomic E-state index is 0.205. The predicted octanol–water partition coefficient (Wildman–Crippen LogP) is 3.92.